The maximum absolute atomic E-state index is 4.24. The van der Waals surface area contributed by atoms with E-state index in [2.05, 4.69) is 38.4 Å². The number of nitrogens with one attached hydrogen (secondary N) is 2. The van der Waals surface area contributed by atoms with Crippen LogP contribution in [0.15, 0.2) is 24.5 Å². The molecule has 3 rings (SSSR count). The summed E-state index contributed by atoms with van der Waals surface area (Å²) in [4.78, 5) is 9.92. The van der Waals surface area contributed by atoms with Crippen LogP contribution in [-0.2, 0) is 6.42 Å². The predicted octanol–water partition coefficient (Wildman–Crippen LogP) is 1.01. The largest absolute Gasteiger partial charge is 0.345 e. The smallest absolute Gasteiger partial charge is 0.0931 e. The Morgan fingerprint density at radius 3 is 3.00 bits per heavy atom. The van der Waals surface area contributed by atoms with E-state index in [1.807, 2.05) is 0 Å². The second kappa shape index (κ2) is 4.85. The minimum absolute atomic E-state index is 1.05. The molecule has 0 amide bonds. The average molecular weight is 230 g/mol. The lowest BCUT2D eigenvalue weighted by atomic mass is 10.1. The Morgan fingerprint density at radius 2 is 2.12 bits per heavy atom. The maximum Gasteiger partial charge on any atom is 0.0931 e. The highest BCUT2D eigenvalue weighted by Gasteiger charge is 2.09. The molecule has 2 aromatic rings. The van der Waals surface area contributed by atoms with E-state index in [4.69, 9.17) is 0 Å². The summed E-state index contributed by atoms with van der Waals surface area (Å²) < 4.78 is 0. The van der Waals surface area contributed by atoms with Crippen LogP contribution in [0.5, 0.6) is 0 Å². The Kier molecular flexibility index (Phi) is 3.07. The number of fused-ring (bicyclic) bond motifs is 1. The summed E-state index contributed by atoms with van der Waals surface area (Å²) in [6.45, 7) is 5.75. The van der Waals surface area contributed by atoms with Gasteiger partial charge in [0.2, 0.25) is 0 Å². The summed E-state index contributed by atoms with van der Waals surface area (Å²) in [5.74, 6) is 0. The molecule has 0 radical (unpaired) electrons. The molecule has 17 heavy (non-hydrogen) atoms. The Bertz CT molecular complexity index is 485. The van der Waals surface area contributed by atoms with Crippen molar-refractivity contribution in [2.45, 2.75) is 6.42 Å². The number of nitrogens with zero attached hydrogens (tertiary/aromatic N) is 2. The maximum atomic E-state index is 4.24. The molecule has 2 heterocycles. The van der Waals surface area contributed by atoms with Gasteiger partial charge in [-0.1, -0.05) is 6.07 Å². The van der Waals surface area contributed by atoms with Crippen LogP contribution in [0.2, 0.25) is 0 Å². The fourth-order valence-corrected chi connectivity index (χ4v) is 2.36. The minimum Gasteiger partial charge on any atom is -0.345 e. The highest BCUT2D eigenvalue weighted by Crippen LogP contribution is 2.12. The van der Waals surface area contributed by atoms with Gasteiger partial charge in [-0.15, -0.1) is 0 Å². The standard InChI is InChI=1S/C13H18N4/c1-2-12-13(16-10-15-12)9-11(1)3-6-17-7-4-14-5-8-17/h1-2,9-10,14H,3-8H2,(H,15,16). The molecular formula is C13H18N4. The van der Waals surface area contributed by atoms with Crippen LogP contribution in [0.3, 0.4) is 0 Å². The lowest BCUT2D eigenvalue weighted by Gasteiger charge is -2.27. The summed E-state index contributed by atoms with van der Waals surface area (Å²) in [6, 6.07) is 6.49. The van der Waals surface area contributed by atoms with E-state index in [0.717, 1.165) is 37.1 Å². The highest BCUT2D eigenvalue weighted by atomic mass is 15.2. The molecule has 1 fully saturated rings. The zero-order valence-corrected chi connectivity index (χ0v) is 9.95. The number of rotatable bonds is 3. The van der Waals surface area contributed by atoms with E-state index in [9.17, 15) is 0 Å². The Labute approximate surface area is 101 Å². The van der Waals surface area contributed by atoms with Gasteiger partial charge in [0.05, 0.1) is 17.4 Å². The first-order valence-electron chi connectivity index (χ1n) is 6.27. The highest BCUT2D eigenvalue weighted by molar-refractivity contribution is 5.75. The van der Waals surface area contributed by atoms with Gasteiger partial charge in [0.15, 0.2) is 0 Å². The Balaban J connectivity index is 1.63. The van der Waals surface area contributed by atoms with Crippen LogP contribution in [0, 0.1) is 0 Å². The normalized spacial score (nSPS) is 17.6. The number of piperazine rings is 1. The van der Waals surface area contributed by atoms with Crippen LogP contribution in [0.4, 0.5) is 0 Å². The number of imidazole rings is 1. The third-order valence-electron chi connectivity index (χ3n) is 3.41. The SMILES string of the molecule is c1nc2ccc(CCN3CCNCC3)cc2[nH]1. The van der Waals surface area contributed by atoms with Crippen molar-refractivity contribution in [3.8, 4) is 0 Å². The van der Waals surface area contributed by atoms with Crippen LogP contribution in [-0.4, -0.2) is 47.6 Å². The van der Waals surface area contributed by atoms with Crippen molar-refractivity contribution in [1.29, 1.82) is 0 Å². The summed E-state index contributed by atoms with van der Waals surface area (Å²) in [7, 11) is 0. The van der Waals surface area contributed by atoms with Crippen molar-refractivity contribution >= 4 is 11.0 Å². The number of aromatic nitrogens is 2. The van der Waals surface area contributed by atoms with Crippen LogP contribution < -0.4 is 5.32 Å². The van der Waals surface area contributed by atoms with E-state index < -0.39 is 0 Å². The van der Waals surface area contributed by atoms with Crippen molar-refractivity contribution in [2.24, 2.45) is 0 Å². The minimum atomic E-state index is 1.05. The zero-order chi connectivity index (χ0) is 11.5. The molecule has 1 aromatic heterocycles. The number of hydrogen-bond donors (Lipinski definition) is 2. The quantitative estimate of drug-likeness (QED) is 0.827. The summed E-state index contributed by atoms with van der Waals surface area (Å²) in [6.07, 6.45) is 2.87. The van der Waals surface area contributed by atoms with Gasteiger partial charge < -0.3 is 15.2 Å². The van der Waals surface area contributed by atoms with Gasteiger partial charge in [-0.05, 0) is 24.1 Å². The molecule has 4 nitrogen and oxygen atoms in total. The molecule has 1 aliphatic rings. The van der Waals surface area contributed by atoms with Gasteiger partial charge in [-0.3, -0.25) is 0 Å². The first-order valence-corrected chi connectivity index (χ1v) is 6.27. The second-order valence-electron chi connectivity index (χ2n) is 4.60. The zero-order valence-electron chi connectivity index (χ0n) is 9.95. The third-order valence-corrected chi connectivity index (χ3v) is 3.41. The monoisotopic (exact) mass is 230 g/mol. The molecule has 1 aromatic carbocycles. The summed E-state index contributed by atoms with van der Waals surface area (Å²) >= 11 is 0. The Morgan fingerprint density at radius 1 is 1.24 bits per heavy atom. The molecule has 0 bridgehead atoms. The van der Waals surface area contributed by atoms with Crippen LogP contribution in [0.1, 0.15) is 5.56 Å². The fraction of sp³-hybridized carbons (Fsp3) is 0.462. The van der Waals surface area contributed by atoms with Crippen molar-refractivity contribution in [1.82, 2.24) is 20.2 Å². The number of aromatic amines is 1. The van der Waals surface area contributed by atoms with Gasteiger partial charge in [0.1, 0.15) is 0 Å². The van der Waals surface area contributed by atoms with Crippen LogP contribution >= 0.6 is 0 Å². The summed E-state index contributed by atoms with van der Waals surface area (Å²) in [5, 5.41) is 3.38. The molecule has 0 saturated carbocycles. The predicted molar refractivity (Wildman–Crippen MR) is 69.1 cm³/mol. The van der Waals surface area contributed by atoms with E-state index in [1.165, 1.54) is 18.7 Å². The van der Waals surface area contributed by atoms with E-state index in [1.54, 1.807) is 6.33 Å². The fourth-order valence-electron chi connectivity index (χ4n) is 2.36. The van der Waals surface area contributed by atoms with E-state index >= 15 is 0 Å². The van der Waals surface area contributed by atoms with Gasteiger partial charge in [0, 0.05) is 32.7 Å². The number of hydrogen-bond acceptors (Lipinski definition) is 3. The summed E-state index contributed by atoms with van der Waals surface area (Å²) in [5.41, 5.74) is 3.58. The second-order valence-corrected chi connectivity index (χ2v) is 4.60. The number of H-pyrrole nitrogens is 1. The molecule has 90 valence electrons. The lowest BCUT2D eigenvalue weighted by molar-refractivity contribution is 0.244. The first-order chi connectivity index (χ1) is 8.42. The Hall–Kier alpha value is -1.39. The van der Waals surface area contributed by atoms with Gasteiger partial charge in [-0.2, -0.15) is 0 Å². The van der Waals surface area contributed by atoms with Gasteiger partial charge in [-0.25, -0.2) is 4.98 Å². The molecular weight excluding hydrogens is 212 g/mol. The third kappa shape index (κ3) is 2.48. The van der Waals surface area contributed by atoms with Crippen molar-refractivity contribution in [3.05, 3.63) is 30.1 Å². The molecule has 0 unspecified atom stereocenters. The molecule has 2 N–H and O–H groups in total. The first kappa shape index (κ1) is 10.7. The topological polar surface area (TPSA) is 44.0 Å². The van der Waals surface area contributed by atoms with Gasteiger partial charge >= 0.3 is 0 Å². The van der Waals surface area contributed by atoms with E-state index in [0.29, 0.717) is 0 Å². The molecule has 0 atom stereocenters. The average Bonchev–Trinajstić information content (AvgIpc) is 2.85. The van der Waals surface area contributed by atoms with Gasteiger partial charge in [0.25, 0.3) is 0 Å². The molecule has 4 heteroatoms. The van der Waals surface area contributed by atoms with Crippen molar-refractivity contribution < 1.29 is 0 Å². The van der Waals surface area contributed by atoms with Crippen molar-refractivity contribution in [3.63, 3.8) is 0 Å². The molecule has 1 aliphatic heterocycles. The molecule has 1 saturated heterocycles. The lowest BCUT2D eigenvalue weighted by Crippen LogP contribution is -2.44. The number of benzene rings is 1. The van der Waals surface area contributed by atoms with Crippen LogP contribution in [0.25, 0.3) is 11.0 Å². The molecule has 0 spiro atoms. The molecule has 0 aliphatic carbocycles. The van der Waals surface area contributed by atoms with Crippen molar-refractivity contribution in [2.75, 3.05) is 32.7 Å². The van der Waals surface area contributed by atoms with E-state index in [-0.39, 0.29) is 0 Å².